The fraction of sp³-hybridized carbons (Fsp3) is 0.455. The summed E-state index contributed by atoms with van der Waals surface area (Å²) in [6, 6.07) is 11.8. The van der Waals surface area contributed by atoms with E-state index in [1.165, 1.54) is 23.4 Å². The Labute approximate surface area is 176 Å². The van der Waals surface area contributed by atoms with Crippen LogP contribution < -0.4 is 9.64 Å². The second-order valence-electron chi connectivity index (χ2n) is 7.25. The molecule has 1 saturated heterocycles. The molecule has 0 bridgehead atoms. The van der Waals surface area contributed by atoms with Gasteiger partial charge in [-0.1, -0.05) is 17.7 Å². The molecule has 0 unspecified atom stereocenters. The van der Waals surface area contributed by atoms with Crippen molar-refractivity contribution >= 4 is 17.3 Å². The Morgan fingerprint density at radius 3 is 2.52 bits per heavy atom. The van der Waals surface area contributed by atoms with E-state index >= 15 is 0 Å². The number of rotatable bonds is 9. The maximum Gasteiger partial charge on any atom is 0.123 e. The van der Waals surface area contributed by atoms with Crippen LogP contribution in [0.25, 0.3) is 0 Å². The van der Waals surface area contributed by atoms with Crippen LogP contribution in [0.5, 0.6) is 5.75 Å². The summed E-state index contributed by atoms with van der Waals surface area (Å²) in [7, 11) is 0. The standard InChI is InChI=1S/C22H28ClFN2O3/c1-17-2-3-18(23)14-22(17)26-10-8-25(9-11-26)15-20(27)16-28-12-13-29-21-6-4-19(24)5-7-21/h2-7,14,20,27H,8-13,15-16H2,1H3/t20-/m1/s1. The summed E-state index contributed by atoms with van der Waals surface area (Å²) in [6.45, 7) is 7.25. The molecule has 0 aliphatic carbocycles. The van der Waals surface area contributed by atoms with Crippen molar-refractivity contribution in [2.75, 3.05) is 57.4 Å². The summed E-state index contributed by atoms with van der Waals surface area (Å²) in [4.78, 5) is 4.59. The van der Waals surface area contributed by atoms with Crippen molar-refractivity contribution in [1.82, 2.24) is 4.90 Å². The summed E-state index contributed by atoms with van der Waals surface area (Å²) in [5, 5.41) is 11.0. The van der Waals surface area contributed by atoms with Gasteiger partial charge in [-0.25, -0.2) is 4.39 Å². The van der Waals surface area contributed by atoms with Crippen LogP contribution in [0.3, 0.4) is 0 Å². The third-order valence-corrected chi connectivity index (χ3v) is 5.21. The number of piperazine rings is 1. The molecule has 7 heteroatoms. The van der Waals surface area contributed by atoms with Gasteiger partial charge >= 0.3 is 0 Å². The highest BCUT2D eigenvalue weighted by molar-refractivity contribution is 6.30. The Morgan fingerprint density at radius 2 is 1.79 bits per heavy atom. The quantitative estimate of drug-likeness (QED) is 0.628. The van der Waals surface area contributed by atoms with Gasteiger partial charge in [0.2, 0.25) is 0 Å². The number of aryl methyl sites for hydroxylation is 1. The van der Waals surface area contributed by atoms with Crippen LogP contribution in [-0.4, -0.2) is 68.7 Å². The van der Waals surface area contributed by atoms with Crippen LogP contribution in [0.2, 0.25) is 5.02 Å². The topological polar surface area (TPSA) is 45.2 Å². The average molecular weight is 423 g/mol. The molecular weight excluding hydrogens is 395 g/mol. The third kappa shape index (κ3) is 6.85. The molecule has 3 rings (SSSR count). The second kappa shape index (κ2) is 10.8. The van der Waals surface area contributed by atoms with Gasteiger partial charge in [0.05, 0.1) is 19.3 Å². The first-order chi connectivity index (χ1) is 14.0. The number of nitrogens with zero attached hydrogens (tertiary/aromatic N) is 2. The predicted molar refractivity (Wildman–Crippen MR) is 114 cm³/mol. The lowest BCUT2D eigenvalue weighted by Crippen LogP contribution is -2.49. The van der Waals surface area contributed by atoms with E-state index in [4.69, 9.17) is 21.1 Å². The fourth-order valence-electron chi connectivity index (χ4n) is 3.41. The van der Waals surface area contributed by atoms with Crippen molar-refractivity contribution in [3.05, 3.63) is 58.9 Å². The number of hydrogen-bond acceptors (Lipinski definition) is 5. The Bertz CT molecular complexity index is 767. The largest absolute Gasteiger partial charge is 0.491 e. The molecule has 0 saturated carbocycles. The van der Waals surface area contributed by atoms with Crippen molar-refractivity contribution in [3.63, 3.8) is 0 Å². The van der Waals surface area contributed by atoms with Gasteiger partial charge in [0.1, 0.15) is 18.2 Å². The third-order valence-electron chi connectivity index (χ3n) is 4.97. The van der Waals surface area contributed by atoms with Crippen molar-refractivity contribution in [2.24, 2.45) is 0 Å². The zero-order valence-corrected chi connectivity index (χ0v) is 17.4. The zero-order valence-electron chi connectivity index (χ0n) is 16.7. The number of β-amino-alcohol motifs (C(OH)–C–C–N with tert-alkyl or cyclic N) is 1. The summed E-state index contributed by atoms with van der Waals surface area (Å²) in [5.41, 5.74) is 2.40. The van der Waals surface area contributed by atoms with Crippen molar-refractivity contribution in [2.45, 2.75) is 13.0 Å². The van der Waals surface area contributed by atoms with Crippen LogP contribution in [0.1, 0.15) is 5.56 Å². The number of ether oxygens (including phenoxy) is 2. The molecule has 1 atom stereocenters. The van der Waals surface area contributed by atoms with E-state index in [-0.39, 0.29) is 12.4 Å². The summed E-state index contributed by atoms with van der Waals surface area (Å²) < 4.78 is 23.8. The molecule has 0 amide bonds. The first kappa shape index (κ1) is 21.8. The molecule has 2 aromatic carbocycles. The van der Waals surface area contributed by atoms with E-state index in [1.807, 2.05) is 18.2 Å². The van der Waals surface area contributed by atoms with E-state index in [9.17, 15) is 9.50 Å². The molecule has 29 heavy (non-hydrogen) atoms. The van der Waals surface area contributed by atoms with Gasteiger partial charge in [-0.15, -0.1) is 0 Å². The fourth-order valence-corrected chi connectivity index (χ4v) is 3.58. The van der Waals surface area contributed by atoms with E-state index in [0.717, 1.165) is 31.2 Å². The Hall–Kier alpha value is -1.86. The highest BCUT2D eigenvalue weighted by atomic mass is 35.5. The lowest BCUT2D eigenvalue weighted by Gasteiger charge is -2.37. The van der Waals surface area contributed by atoms with E-state index < -0.39 is 6.10 Å². The lowest BCUT2D eigenvalue weighted by molar-refractivity contribution is 0.00717. The lowest BCUT2D eigenvalue weighted by atomic mass is 10.1. The molecule has 1 N–H and O–H groups in total. The number of hydrogen-bond donors (Lipinski definition) is 1. The molecule has 2 aromatic rings. The number of halogens is 2. The molecule has 5 nitrogen and oxygen atoms in total. The van der Waals surface area contributed by atoms with Crippen molar-refractivity contribution in [1.29, 1.82) is 0 Å². The van der Waals surface area contributed by atoms with E-state index in [0.29, 0.717) is 25.5 Å². The van der Waals surface area contributed by atoms with Gasteiger partial charge in [-0.2, -0.15) is 0 Å². The number of benzene rings is 2. The van der Waals surface area contributed by atoms with E-state index in [2.05, 4.69) is 16.7 Å². The van der Waals surface area contributed by atoms with Gasteiger partial charge < -0.3 is 19.5 Å². The summed E-state index contributed by atoms with van der Waals surface area (Å²) in [6.07, 6.45) is -0.541. The monoisotopic (exact) mass is 422 g/mol. The van der Waals surface area contributed by atoms with Crippen LogP contribution in [0, 0.1) is 12.7 Å². The summed E-state index contributed by atoms with van der Waals surface area (Å²) in [5.74, 6) is 0.309. The maximum absolute atomic E-state index is 12.8. The highest BCUT2D eigenvalue weighted by Crippen LogP contribution is 2.25. The first-order valence-corrected chi connectivity index (χ1v) is 10.3. The minimum atomic E-state index is -0.541. The van der Waals surface area contributed by atoms with Gasteiger partial charge in [-0.3, -0.25) is 4.90 Å². The molecule has 0 radical (unpaired) electrons. The summed E-state index contributed by atoms with van der Waals surface area (Å²) >= 11 is 6.14. The highest BCUT2D eigenvalue weighted by Gasteiger charge is 2.20. The molecular formula is C22H28ClFN2O3. The van der Waals surface area contributed by atoms with Gasteiger partial charge in [-0.05, 0) is 48.9 Å². The molecule has 0 spiro atoms. The second-order valence-corrected chi connectivity index (χ2v) is 7.69. The van der Waals surface area contributed by atoms with Crippen LogP contribution in [-0.2, 0) is 4.74 Å². The van der Waals surface area contributed by atoms with Gasteiger partial charge in [0.25, 0.3) is 0 Å². The number of anilines is 1. The maximum atomic E-state index is 12.8. The Kier molecular flexibility index (Phi) is 8.12. The number of aliphatic hydroxyl groups excluding tert-OH is 1. The molecule has 1 aliphatic rings. The van der Waals surface area contributed by atoms with Crippen LogP contribution >= 0.6 is 11.6 Å². The van der Waals surface area contributed by atoms with Crippen LogP contribution in [0.4, 0.5) is 10.1 Å². The molecule has 1 fully saturated rings. The number of aliphatic hydroxyl groups is 1. The molecule has 158 valence electrons. The van der Waals surface area contributed by atoms with Crippen LogP contribution in [0.15, 0.2) is 42.5 Å². The smallest absolute Gasteiger partial charge is 0.123 e. The minimum Gasteiger partial charge on any atom is -0.491 e. The van der Waals surface area contributed by atoms with E-state index in [1.54, 1.807) is 12.1 Å². The van der Waals surface area contributed by atoms with Gasteiger partial charge in [0.15, 0.2) is 0 Å². The zero-order chi connectivity index (χ0) is 20.6. The normalized spacial score (nSPS) is 16.1. The van der Waals surface area contributed by atoms with Gasteiger partial charge in [0, 0.05) is 43.4 Å². The SMILES string of the molecule is Cc1ccc(Cl)cc1N1CCN(C[C@@H](O)COCCOc2ccc(F)cc2)CC1. The minimum absolute atomic E-state index is 0.264. The predicted octanol–water partition coefficient (Wildman–Crippen LogP) is 3.37. The Balaban J connectivity index is 1.31. The van der Waals surface area contributed by atoms with Crippen molar-refractivity contribution < 1.29 is 19.0 Å². The average Bonchev–Trinajstić information content (AvgIpc) is 2.71. The first-order valence-electron chi connectivity index (χ1n) is 9.89. The molecule has 0 aromatic heterocycles. The Morgan fingerprint density at radius 1 is 1.07 bits per heavy atom. The molecule has 1 aliphatic heterocycles. The molecule has 1 heterocycles. The van der Waals surface area contributed by atoms with Crippen molar-refractivity contribution in [3.8, 4) is 5.75 Å².